The number of nitrogens with two attached hydrogens (primary N) is 1. The fraction of sp³-hybridized carbons (Fsp3) is 0.655. The van der Waals surface area contributed by atoms with Crippen LogP contribution in [0.15, 0.2) is 24.3 Å². The molecule has 38 heavy (non-hydrogen) atoms. The minimum Gasteiger partial charge on any atom is -0.378 e. The zero-order chi connectivity index (χ0) is 27.6. The first-order valence-electron chi connectivity index (χ1n) is 14.1. The van der Waals surface area contributed by atoms with Gasteiger partial charge in [-0.25, -0.2) is 0 Å². The van der Waals surface area contributed by atoms with Crippen LogP contribution < -0.4 is 16.0 Å². The maximum atomic E-state index is 13.8. The number of benzene rings is 1. The van der Waals surface area contributed by atoms with Gasteiger partial charge in [-0.3, -0.25) is 19.2 Å². The first-order valence-corrected chi connectivity index (χ1v) is 14.1. The van der Waals surface area contributed by atoms with E-state index in [1.54, 1.807) is 21.9 Å². The van der Waals surface area contributed by atoms with Gasteiger partial charge in [-0.2, -0.15) is 0 Å². The van der Waals surface area contributed by atoms with Crippen molar-refractivity contribution in [3.05, 3.63) is 29.8 Å². The Morgan fingerprint density at radius 3 is 2.26 bits per heavy atom. The van der Waals surface area contributed by atoms with Crippen LogP contribution in [0.25, 0.3) is 0 Å². The summed E-state index contributed by atoms with van der Waals surface area (Å²) in [5, 5.41) is 2.92. The van der Waals surface area contributed by atoms with Crippen LogP contribution in [0.4, 0.5) is 5.69 Å². The third-order valence-electron chi connectivity index (χ3n) is 8.39. The number of Topliss-reactive ketones (excluding diaryl/α,β-unsaturated/α-hetero) is 1. The largest absolute Gasteiger partial charge is 0.378 e. The first-order chi connectivity index (χ1) is 18.1. The van der Waals surface area contributed by atoms with Gasteiger partial charge in [0.15, 0.2) is 5.78 Å². The van der Waals surface area contributed by atoms with Gasteiger partial charge >= 0.3 is 0 Å². The molecular formula is C29H43N5O4. The second-order valence-corrected chi connectivity index (χ2v) is 11.8. The molecule has 3 fully saturated rings. The summed E-state index contributed by atoms with van der Waals surface area (Å²) in [4.78, 5) is 58.5. The summed E-state index contributed by atoms with van der Waals surface area (Å²) in [5.41, 5.74) is 7.85. The van der Waals surface area contributed by atoms with Crippen LogP contribution >= 0.6 is 0 Å². The lowest BCUT2D eigenvalue weighted by atomic mass is 9.83. The highest BCUT2D eigenvalue weighted by Crippen LogP contribution is 2.33. The molecule has 0 radical (unpaired) electrons. The molecule has 3 N–H and O–H groups in total. The van der Waals surface area contributed by atoms with Crippen molar-refractivity contribution < 1.29 is 19.2 Å². The highest BCUT2D eigenvalue weighted by Gasteiger charge is 2.53. The normalized spacial score (nSPS) is 23.4. The molecule has 1 aromatic rings. The SMILES string of the molecule is CC(C)CC(NC(=O)c1ccc(N(C)C)cc1)C(=O)N1CCC2C1C(=O)CN2C(=O)C(N)C1CCCCC1. The second-order valence-electron chi connectivity index (χ2n) is 11.8. The molecule has 9 heteroatoms. The summed E-state index contributed by atoms with van der Waals surface area (Å²) in [7, 11) is 3.86. The lowest BCUT2D eigenvalue weighted by Crippen LogP contribution is -2.53. The smallest absolute Gasteiger partial charge is 0.251 e. The number of rotatable bonds is 8. The maximum Gasteiger partial charge on any atom is 0.251 e. The van der Waals surface area contributed by atoms with Crippen LogP contribution in [-0.4, -0.2) is 84.7 Å². The summed E-state index contributed by atoms with van der Waals surface area (Å²) >= 11 is 0. The molecule has 1 aliphatic carbocycles. The number of anilines is 1. The lowest BCUT2D eigenvalue weighted by Gasteiger charge is -2.32. The highest BCUT2D eigenvalue weighted by molar-refractivity contribution is 6.01. The molecule has 3 aliphatic rings. The molecular weight excluding hydrogens is 482 g/mol. The second kappa shape index (κ2) is 11.8. The Labute approximate surface area is 226 Å². The number of ketones is 1. The number of hydrogen-bond donors (Lipinski definition) is 2. The fourth-order valence-corrected chi connectivity index (χ4v) is 6.29. The van der Waals surface area contributed by atoms with Crippen molar-refractivity contribution in [3.8, 4) is 0 Å². The molecule has 2 heterocycles. The fourth-order valence-electron chi connectivity index (χ4n) is 6.29. The summed E-state index contributed by atoms with van der Waals surface area (Å²) in [6.07, 6.45) is 6.24. The molecule has 208 valence electrons. The monoisotopic (exact) mass is 525 g/mol. The van der Waals surface area contributed by atoms with E-state index < -0.39 is 18.1 Å². The molecule has 1 saturated carbocycles. The van der Waals surface area contributed by atoms with Gasteiger partial charge in [-0.15, -0.1) is 0 Å². The molecule has 1 aromatic carbocycles. The van der Waals surface area contributed by atoms with E-state index in [4.69, 9.17) is 5.73 Å². The molecule has 4 unspecified atom stereocenters. The van der Waals surface area contributed by atoms with E-state index in [2.05, 4.69) is 5.32 Å². The quantitative estimate of drug-likeness (QED) is 0.538. The van der Waals surface area contributed by atoms with E-state index in [1.165, 1.54) is 6.42 Å². The number of likely N-dealkylation sites (tertiary alicyclic amines) is 2. The molecule has 3 amide bonds. The van der Waals surface area contributed by atoms with Crippen molar-refractivity contribution in [3.63, 3.8) is 0 Å². The number of amides is 3. The van der Waals surface area contributed by atoms with Gasteiger partial charge in [0.1, 0.15) is 12.1 Å². The Morgan fingerprint density at radius 1 is 1.00 bits per heavy atom. The van der Waals surface area contributed by atoms with E-state index in [0.29, 0.717) is 24.9 Å². The van der Waals surface area contributed by atoms with Crippen LogP contribution in [0, 0.1) is 11.8 Å². The summed E-state index contributed by atoms with van der Waals surface area (Å²) in [5.74, 6) is -0.562. The Kier molecular flexibility index (Phi) is 8.75. The van der Waals surface area contributed by atoms with Crippen molar-refractivity contribution in [2.75, 3.05) is 32.1 Å². The zero-order valence-corrected chi connectivity index (χ0v) is 23.2. The predicted octanol–water partition coefficient (Wildman–Crippen LogP) is 2.19. The predicted molar refractivity (Wildman–Crippen MR) is 147 cm³/mol. The van der Waals surface area contributed by atoms with E-state index in [-0.39, 0.29) is 47.9 Å². The van der Waals surface area contributed by atoms with Crippen molar-refractivity contribution in [1.29, 1.82) is 0 Å². The summed E-state index contributed by atoms with van der Waals surface area (Å²) < 4.78 is 0. The van der Waals surface area contributed by atoms with Crippen molar-refractivity contribution in [2.45, 2.75) is 83.0 Å². The van der Waals surface area contributed by atoms with E-state index in [9.17, 15) is 19.2 Å². The number of carbonyl (C=O) groups excluding carboxylic acids is 4. The van der Waals surface area contributed by atoms with Gasteiger partial charge in [0.05, 0.1) is 18.6 Å². The lowest BCUT2D eigenvalue weighted by molar-refractivity contribution is -0.138. The van der Waals surface area contributed by atoms with Crippen molar-refractivity contribution >= 4 is 29.2 Å². The molecule has 4 atom stereocenters. The van der Waals surface area contributed by atoms with E-state index in [0.717, 1.165) is 31.4 Å². The van der Waals surface area contributed by atoms with Crippen LogP contribution in [-0.2, 0) is 14.4 Å². The highest BCUT2D eigenvalue weighted by atomic mass is 16.2. The van der Waals surface area contributed by atoms with Gasteiger partial charge in [0, 0.05) is 31.9 Å². The Bertz CT molecular complexity index is 1030. The number of fused-ring (bicyclic) bond motifs is 1. The Hall–Kier alpha value is -2.94. The van der Waals surface area contributed by atoms with Crippen LogP contribution in [0.5, 0.6) is 0 Å². The number of carbonyl (C=O) groups is 4. The van der Waals surface area contributed by atoms with Crippen LogP contribution in [0.2, 0.25) is 0 Å². The van der Waals surface area contributed by atoms with Crippen LogP contribution in [0.3, 0.4) is 0 Å². The molecule has 0 aromatic heterocycles. The third-order valence-corrected chi connectivity index (χ3v) is 8.39. The number of nitrogens with one attached hydrogen (secondary N) is 1. The molecule has 0 bridgehead atoms. The summed E-state index contributed by atoms with van der Waals surface area (Å²) in [6.45, 7) is 4.37. The van der Waals surface area contributed by atoms with Crippen LogP contribution in [0.1, 0.15) is 69.2 Å². The average molecular weight is 526 g/mol. The maximum absolute atomic E-state index is 13.8. The molecule has 2 saturated heterocycles. The minimum atomic E-state index is -0.753. The van der Waals surface area contributed by atoms with E-state index >= 15 is 0 Å². The van der Waals surface area contributed by atoms with Gasteiger partial charge in [0.25, 0.3) is 5.91 Å². The summed E-state index contributed by atoms with van der Waals surface area (Å²) in [6, 6.07) is 4.84. The van der Waals surface area contributed by atoms with Gasteiger partial charge in [-0.05, 0) is 61.8 Å². The Morgan fingerprint density at radius 2 is 1.66 bits per heavy atom. The molecule has 2 aliphatic heterocycles. The average Bonchev–Trinajstić information content (AvgIpc) is 3.48. The van der Waals surface area contributed by atoms with Crippen molar-refractivity contribution in [2.24, 2.45) is 17.6 Å². The number of hydrogen-bond acceptors (Lipinski definition) is 6. The third kappa shape index (κ3) is 5.87. The standard InChI is InChI=1S/C29H43N5O4/c1-18(2)16-22(31-27(36)20-10-12-21(13-11-20)32(3)4)28(37)33-15-14-23-26(33)24(35)17-34(23)29(38)25(30)19-8-6-5-7-9-19/h10-13,18-19,22-23,25-26H,5-9,14-17,30H2,1-4H3,(H,31,36). The molecule has 9 nitrogen and oxygen atoms in total. The zero-order valence-electron chi connectivity index (χ0n) is 23.2. The van der Waals surface area contributed by atoms with Gasteiger partial charge in [0.2, 0.25) is 11.8 Å². The topological polar surface area (TPSA) is 116 Å². The van der Waals surface area contributed by atoms with Gasteiger partial charge < -0.3 is 25.8 Å². The minimum absolute atomic E-state index is 0.00219. The van der Waals surface area contributed by atoms with Crippen molar-refractivity contribution in [1.82, 2.24) is 15.1 Å². The van der Waals surface area contributed by atoms with Gasteiger partial charge in [-0.1, -0.05) is 33.1 Å². The van der Waals surface area contributed by atoms with E-state index in [1.807, 2.05) is 45.0 Å². The molecule has 4 rings (SSSR count). The number of nitrogens with zero attached hydrogens (tertiary/aromatic N) is 3. The molecule has 0 spiro atoms. The first kappa shape index (κ1) is 28.1. The Balaban J connectivity index is 1.46.